The van der Waals surface area contributed by atoms with E-state index in [2.05, 4.69) is 0 Å². The Bertz CT molecular complexity index is 450. The molecule has 0 bridgehead atoms. The number of rotatable bonds is 3. The zero-order chi connectivity index (χ0) is 13.1. The third kappa shape index (κ3) is 2.86. The van der Waals surface area contributed by atoms with E-state index in [-0.39, 0.29) is 11.7 Å². The number of piperazine rings is 1. The van der Waals surface area contributed by atoms with Gasteiger partial charge in [0, 0.05) is 33.2 Å². The van der Waals surface area contributed by atoms with Crippen molar-refractivity contribution in [3.05, 3.63) is 35.1 Å². The summed E-state index contributed by atoms with van der Waals surface area (Å²) in [7, 11) is 1.80. The Labute approximate surface area is 106 Å². The largest absolute Gasteiger partial charge is 0.343 e. The number of carbonyl (C=O) groups is 1. The number of halogens is 1. The predicted octanol–water partition coefficient (Wildman–Crippen LogP) is 0.558. The van der Waals surface area contributed by atoms with Gasteiger partial charge < -0.3 is 10.6 Å². The lowest BCUT2D eigenvalue weighted by Gasteiger charge is -2.32. The van der Waals surface area contributed by atoms with Crippen molar-refractivity contribution >= 4 is 5.91 Å². The fourth-order valence-electron chi connectivity index (χ4n) is 2.12. The van der Waals surface area contributed by atoms with Gasteiger partial charge in [-0.05, 0) is 23.3 Å². The number of nitrogens with two attached hydrogens (primary N) is 1. The third-order valence-corrected chi connectivity index (χ3v) is 3.32. The van der Waals surface area contributed by atoms with E-state index in [0.717, 1.165) is 17.7 Å². The summed E-state index contributed by atoms with van der Waals surface area (Å²) in [5.74, 6) is -0.158. The van der Waals surface area contributed by atoms with Gasteiger partial charge in [0.15, 0.2) is 0 Å². The molecule has 18 heavy (non-hydrogen) atoms. The zero-order valence-electron chi connectivity index (χ0n) is 10.5. The molecule has 0 spiro atoms. The van der Waals surface area contributed by atoms with Crippen LogP contribution < -0.4 is 5.73 Å². The van der Waals surface area contributed by atoms with Crippen LogP contribution in [0, 0.1) is 5.82 Å². The molecule has 1 saturated heterocycles. The molecule has 1 heterocycles. The Kier molecular flexibility index (Phi) is 3.93. The van der Waals surface area contributed by atoms with Crippen molar-refractivity contribution in [1.82, 2.24) is 9.80 Å². The van der Waals surface area contributed by atoms with E-state index in [4.69, 9.17) is 5.73 Å². The van der Waals surface area contributed by atoms with Crippen LogP contribution in [0.15, 0.2) is 18.2 Å². The lowest BCUT2D eigenvalue weighted by molar-refractivity contribution is -0.134. The topological polar surface area (TPSA) is 49.6 Å². The first kappa shape index (κ1) is 13.0. The van der Waals surface area contributed by atoms with Gasteiger partial charge in [0.25, 0.3) is 0 Å². The summed E-state index contributed by atoms with van der Waals surface area (Å²) in [4.78, 5) is 15.3. The Morgan fingerprint density at radius 1 is 1.33 bits per heavy atom. The van der Waals surface area contributed by atoms with E-state index in [1.807, 2.05) is 4.90 Å². The van der Waals surface area contributed by atoms with Crippen molar-refractivity contribution in [3.8, 4) is 0 Å². The van der Waals surface area contributed by atoms with Gasteiger partial charge in [-0.2, -0.15) is 0 Å². The van der Waals surface area contributed by atoms with Gasteiger partial charge in [-0.3, -0.25) is 9.69 Å². The zero-order valence-corrected chi connectivity index (χ0v) is 10.5. The third-order valence-electron chi connectivity index (χ3n) is 3.32. The molecule has 0 aliphatic carbocycles. The summed E-state index contributed by atoms with van der Waals surface area (Å²) >= 11 is 0. The molecule has 0 saturated carbocycles. The molecule has 1 aromatic carbocycles. The highest BCUT2D eigenvalue weighted by Crippen LogP contribution is 2.15. The smallest absolute Gasteiger partial charge is 0.236 e. The summed E-state index contributed by atoms with van der Waals surface area (Å²) in [5.41, 5.74) is 7.44. The number of likely N-dealkylation sites (N-methyl/N-ethyl adjacent to an activating group) is 1. The van der Waals surface area contributed by atoms with Crippen LogP contribution in [-0.2, 0) is 17.9 Å². The number of hydrogen-bond donors (Lipinski definition) is 1. The quantitative estimate of drug-likeness (QED) is 0.854. The highest BCUT2D eigenvalue weighted by atomic mass is 19.1. The second-order valence-electron chi connectivity index (χ2n) is 4.64. The molecular formula is C13H18FN3O. The fraction of sp³-hybridized carbons (Fsp3) is 0.462. The average molecular weight is 251 g/mol. The molecular weight excluding hydrogens is 233 g/mol. The van der Waals surface area contributed by atoms with Crippen molar-refractivity contribution < 1.29 is 9.18 Å². The molecule has 4 nitrogen and oxygen atoms in total. The second kappa shape index (κ2) is 5.46. The summed E-state index contributed by atoms with van der Waals surface area (Å²) in [6.07, 6.45) is 0. The first-order valence-corrected chi connectivity index (χ1v) is 6.04. The van der Waals surface area contributed by atoms with E-state index in [1.165, 1.54) is 12.1 Å². The van der Waals surface area contributed by atoms with Crippen LogP contribution >= 0.6 is 0 Å². The minimum atomic E-state index is -0.261. The molecule has 1 fully saturated rings. The predicted molar refractivity (Wildman–Crippen MR) is 67.2 cm³/mol. The minimum Gasteiger partial charge on any atom is -0.343 e. The van der Waals surface area contributed by atoms with Crippen molar-refractivity contribution in [2.24, 2.45) is 5.73 Å². The summed E-state index contributed by atoms with van der Waals surface area (Å²) in [6.45, 7) is 2.87. The molecule has 0 radical (unpaired) electrons. The highest BCUT2D eigenvalue weighted by molar-refractivity contribution is 5.78. The van der Waals surface area contributed by atoms with E-state index in [9.17, 15) is 9.18 Å². The molecule has 1 aromatic rings. The van der Waals surface area contributed by atoms with Crippen molar-refractivity contribution in [2.75, 3.05) is 26.7 Å². The van der Waals surface area contributed by atoms with Gasteiger partial charge in [0.1, 0.15) is 5.82 Å². The van der Waals surface area contributed by atoms with Crippen molar-refractivity contribution in [1.29, 1.82) is 0 Å². The molecule has 1 amide bonds. The van der Waals surface area contributed by atoms with Crippen LogP contribution in [0.4, 0.5) is 4.39 Å². The van der Waals surface area contributed by atoms with Crippen molar-refractivity contribution in [3.63, 3.8) is 0 Å². The lowest BCUT2D eigenvalue weighted by Crippen LogP contribution is -2.48. The Morgan fingerprint density at radius 2 is 2.11 bits per heavy atom. The molecule has 2 rings (SSSR count). The maximum atomic E-state index is 13.2. The summed E-state index contributed by atoms with van der Waals surface area (Å²) in [5, 5.41) is 0. The lowest BCUT2D eigenvalue weighted by atomic mass is 10.1. The molecule has 0 atom stereocenters. The molecule has 98 valence electrons. The van der Waals surface area contributed by atoms with Gasteiger partial charge in [0.2, 0.25) is 5.91 Å². The summed E-state index contributed by atoms with van der Waals surface area (Å²) in [6, 6.07) is 4.63. The van der Waals surface area contributed by atoms with Gasteiger partial charge in [-0.15, -0.1) is 0 Å². The van der Waals surface area contributed by atoms with E-state index < -0.39 is 0 Å². The van der Waals surface area contributed by atoms with Crippen molar-refractivity contribution in [2.45, 2.75) is 13.1 Å². The Morgan fingerprint density at radius 3 is 2.78 bits per heavy atom. The number of nitrogens with zero attached hydrogens (tertiary/aromatic N) is 2. The maximum absolute atomic E-state index is 13.2. The highest BCUT2D eigenvalue weighted by Gasteiger charge is 2.21. The minimum absolute atomic E-state index is 0.104. The van der Waals surface area contributed by atoms with Gasteiger partial charge >= 0.3 is 0 Å². The molecule has 1 aliphatic heterocycles. The van der Waals surface area contributed by atoms with Crippen LogP contribution in [0.25, 0.3) is 0 Å². The molecule has 0 aromatic heterocycles. The van der Waals surface area contributed by atoms with E-state index >= 15 is 0 Å². The van der Waals surface area contributed by atoms with Gasteiger partial charge in [-0.1, -0.05) is 6.07 Å². The summed E-state index contributed by atoms with van der Waals surface area (Å²) < 4.78 is 13.2. The monoisotopic (exact) mass is 251 g/mol. The van der Waals surface area contributed by atoms with Gasteiger partial charge in [0.05, 0.1) is 6.54 Å². The second-order valence-corrected chi connectivity index (χ2v) is 4.64. The Balaban J connectivity index is 2.09. The molecule has 5 heteroatoms. The van der Waals surface area contributed by atoms with E-state index in [1.54, 1.807) is 18.0 Å². The van der Waals surface area contributed by atoms with Crippen LogP contribution in [0.3, 0.4) is 0 Å². The van der Waals surface area contributed by atoms with Gasteiger partial charge in [-0.25, -0.2) is 4.39 Å². The molecule has 2 N–H and O–H groups in total. The molecule has 0 unspecified atom stereocenters. The SMILES string of the molecule is CN1CCN(Cc2cc(F)ccc2CN)CC1=O. The first-order valence-electron chi connectivity index (χ1n) is 6.04. The maximum Gasteiger partial charge on any atom is 0.236 e. The first-order chi connectivity index (χ1) is 8.60. The van der Waals surface area contributed by atoms with E-state index in [0.29, 0.717) is 26.2 Å². The van der Waals surface area contributed by atoms with Crippen LogP contribution in [0.1, 0.15) is 11.1 Å². The van der Waals surface area contributed by atoms with Crippen LogP contribution in [0.2, 0.25) is 0 Å². The van der Waals surface area contributed by atoms with Crippen LogP contribution in [-0.4, -0.2) is 42.4 Å². The normalized spacial score (nSPS) is 17.3. The standard InChI is InChI=1S/C13H18FN3O/c1-16-4-5-17(9-13(16)18)8-11-6-12(14)3-2-10(11)7-15/h2-3,6H,4-5,7-9,15H2,1H3. The Hall–Kier alpha value is -1.46. The number of amides is 1. The van der Waals surface area contributed by atoms with Crippen LogP contribution in [0.5, 0.6) is 0 Å². The number of hydrogen-bond acceptors (Lipinski definition) is 3. The average Bonchev–Trinajstić information content (AvgIpc) is 2.34. The fourth-order valence-corrected chi connectivity index (χ4v) is 2.12. The number of carbonyl (C=O) groups excluding carboxylic acids is 1. The molecule has 1 aliphatic rings. The number of benzene rings is 1.